The average molecular weight is 197 g/mol. The molecule has 0 aliphatic rings. The number of benzene rings is 1. The molecule has 1 unspecified atom stereocenters. The van der Waals surface area contributed by atoms with Gasteiger partial charge >= 0.3 is 0 Å². The van der Waals surface area contributed by atoms with Crippen molar-refractivity contribution in [3.05, 3.63) is 29.3 Å². The molecule has 0 saturated carbocycles. The van der Waals surface area contributed by atoms with Crippen molar-refractivity contribution in [2.75, 3.05) is 14.2 Å². The molecule has 0 radical (unpaired) electrons. The van der Waals surface area contributed by atoms with Crippen LogP contribution in [0.3, 0.4) is 0 Å². The Bertz CT molecular complexity index is 301. The van der Waals surface area contributed by atoms with Crippen LogP contribution in [0.4, 0.5) is 4.39 Å². The normalized spacial score (nSPS) is 12.6. The van der Waals surface area contributed by atoms with Crippen LogP contribution in [0, 0.1) is 0 Å². The fraction of sp³-hybridized carbons (Fsp3) is 0.455. The lowest BCUT2D eigenvalue weighted by molar-refractivity contribution is 0.384. The van der Waals surface area contributed by atoms with Crippen molar-refractivity contribution in [1.29, 1.82) is 0 Å². The zero-order valence-electron chi connectivity index (χ0n) is 8.80. The first-order valence-corrected chi connectivity index (χ1v) is 4.63. The minimum absolute atomic E-state index is 0.163. The van der Waals surface area contributed by atoms with Gasteiger partial charge in [-0.1, -0.05) is 18.2 Å². The first-order valence-electron chi connectivity index (χ1n) is 4.63. The third-order valence-electron chi connectivity index (χ3n) is 2.37. The first kappa shape index (κ1) is 11.0. The van der Waals surface area contributed by atoms with Gasteiger partial charge in [0.1, 0.15) is 12.4 Å². The van der Waals surface area contributed by atoms with E-state index in [1.165, 1.54) is 0 Å². The Morgan fingerprint density at radius 2 is 2.21 bits per heavy atom. The Kier molecular flexibility index (Phi) is 3.89. The van der Waals surface area contributed by atoms with Crippen molar-refractivity contribution in [3.63, 3.8) is 0 Å². The minimum Gasteiger partial charge on any atom is -0.496 e. The molecule has 0 heterocycles. The predicted molar refractivity (Wildman–Crippen MR) is 55.3 cm³/mol. The number of ether oxygens (including phenoxy) is 1. The lowest BCUT2D eigenvalue weighted by atomic mass is 10.0. The van der Waals surface area contributed by atoms with Gasteiger partial charge in [0.15, 0.2) is 0 Å². The molecule has 78 valence electrons. The highest BCUT2D eigenvalue weighted by molar-refractivity contribution is 5.42. The summed E-state index contributed by atoms with van der Waals surface area (Å²) in [5, 5.41) is 3.10. The molecule has 1 rings (SSSR count). The maximum absolute atomic E-state index is 12.6. The van der Waals surface area contributed by atoms with Gasteiger partial charge in [0.2, 0.25) is 0 Å². The highest BCUT2D eigenvalue weighted by atomic mass is 19.1. The number of alkyl halides is 1. The van der Waals surface area contributed by atoms with Crippen molar-refractivity contribution >= 4 is 0 Å². The smallest absolute Gasteiger partial charge is 0.129 e. The van der Waals surface area contributed by atoms with E-state index in [0.717, 1.165) is 5.56 Å². The molecule has 0 aliphatic heterocycles. The van der Waals surface area contributed by atoms with Crippen LogP contribution in [0.25, 0.3) is 0 Å². The topological polar surface area (TPSA) is 21.3 Å². The number of para-hydroxylation sites is 1. The minimum atomic E-state index is -0.493. The summed E-state index contributed by atoms with van der Waals surface area (Å²) in [5.41, 5.74) is 1.59. The average Bonchev–Trinajstić information content (AvgIpc) is 2.26. The number of halogens is 1. The molecule has 0 fully saturated rings. The maximum atomic E-state index is 12.6. The second kappa shape index (κ2) is 4.96. The van der Waals surface area contributed by atoms with Gasteiger partial charge < -0.3 is 10.1 Å². The van der Waals surface area contributed by atoms with Crippen LogP contribution in [0.2, 0.25) is 0 Å². The van der Waals surface area contributed by atoms with E-state index in [-0.39, 0.29) is 6.04 Å². The van der Waals surface area contributed by atoms with E-state index in [2.05, 4.69) is 5.32 Å². The van der Waals surface area contributed by atoms with E-state index in [1.807, 2.05) is 26.1 Å². The molecule has 0 aromatic heterocycles. The first-order chi connectivity index (χ1) is 6.74. The number of hydrogen-bond acceptors (Lipinski definition) is 2. The third kappa shape index (κ3) is 2.04. The lowest BCUT2D eigenvalue weighted by Gasteiger charge is -2.16. The third-order valence-corrected chi connectivity index (χ3v) is 2.37. The maximum Gasteiger partial charge on any atom is 0.129 e. The Morgan fingerprint density at radius 1 is 1.50 bits per heavy atom. The zero-order valence-corrected chi connectivity index (χ0v) is 8.80. The van der Waals surface area contributed by atoms with Gasteiger partial charge in [0.05, 0.1) is 7.11 Å². The number of nitrogens with one attached hydrogen (secondary N) is 1. The quantitative estimate of drug-likeness (QED) is 0.800. The van der Waals surface area contributed by atoms with E-state index in [1.54, 1.807) is 13.2 Å². The molecule has 1 N–H and O–H groups in total. The summed E-state index contributed by atoms with van der Waals surface area (Å²) in [6.45, 7) is 1.52. The molecule has 0 amide bonds. The van der Waals surface area contributed by atoms with Crippen molar-refractivity contribution in [2.24, 2.45) is 0 Å². The van der Waals surface area contributed by atoms with Crippen molar-refractivity contribution in [3.8, 4) is 5.75 Å². The largest absolute Gasteiger partial charge is 0.496 e. The van der Waals surface area contributed by atoms with Gasteiger partial charge in [-0.15, -0.1) is 0 Å². The van der Waals surface area contributed by atoms with Crippen LogP contribution in [0.1, 0.15) is 24.1 Å². The van der Waals surface area contributed by atoms with E-state index >= 15 is 0 Å². The Morgan fingerprint density at radius 3 is 2.71 bits per heavy atom. The van der Waals surface area contributed by atoms with Gasteiger partial charge in [0, 0.05) is 17.2 Å². The SMILES string of the molecule is CNC(C)c1cccc(CF)c1OC. The molecule has 1 aromatic rings. The Hall–Kier alpha value is -1.09. The van der Waals surface area contributed by atoms with Gasteiger partial charge in [-0.05, 0) is 14.0 Å². The van der Waals surface area contributed by atoms with Crippen molar-refractivity contribution in [1.82, 2.24) is 5.32 Å². The second-order valence-electron chi connectivity index (χ2n) is 3.18. The van der Waals surface area contributed by atoms with E-state index < -0.39 is 6.67 Å². The number of methoxy groups -OCH3 is 1. The highest BCUT2D eigenvalue weighted by Crippen LogP contribution is 2.29. The van der Waals surface area contributed by atoms with Crippen LogP contribution in [-0.2, 0) is 6.67 Å². The van der Waals surface area contributed by atoms with E-state index in [0.29, 0.717) is 11.3 Å². The second-order valence-corrected chi connectivity index (χ2v) is 3.18. The van der Waals surface area contributed by atoms with Gasteiger partial charge in [-0.25, -0.2) is 4.39 Å². The van der Waals surface area contributed by atoms with Crippen LogP contribution >= 0.6 is 0 Å². The van der Waals surface area contributed by atoms with Crippen molar-refractivity contribution < 1.29 is 9.13 Å². The van der Waals surface area contributed by atoms with Gasteiger partial charge in [0.25, 0.3) is 0 Å². The summed E-state index contributed by atoms with van der Waals surface area (Å²) >= 11 is 0. The summed E-state index contributed by atoms with van der Waals surface area (Å²) < 4.78 is 17.8. The molecule has 0 aliphatic carbocycles. The van der Waals surface area contributed by atoms with Gasteiger partial charge in [-0.3, -0.25) is 0 Å². The Labute approximate surface area is 84.1 Å². The number of hydrogen-bond donors (Lipinski definition) is 1. The summed E-state index contributed by atoms with van der Waals surface area (Å²) in [5.74, 6) is 0.650. The van der Waals surface area contributed by atoms with E-state index in [9.17, 15) is 4.39 Å². The molecule has 0 saturated heterocycles. The fourth-order valence-electron chi connectivity index (χ4n) is 1.46. The molecule has 1 atom stereocenters. The van der Waals surface area contributed by atoms with Crippen LogP contribution in [-0.4, -0.2) is 14.2 Å². The predicted octanol–water partition coefficient (Wildman–Crippen LogP) is 2.45. The zero-order chi connectivity index (χ0) is 10.6. The Balaban J connectivity index is 3.14. The summed E-state index contributed by atoms with van der Waals surface area (Å²) in [7, 11) is 3.44. The molecule has 2 nitrogen and oxygen atoms in total. The molecule has 0 spiro atoms. The summed E-state index contributed by atoms with van der Waals surface area (Å²) in [6, 6.07) is 5.70. The molecule has 1 aromatic carbocycles. The summed E-state index contributed by atoms with van der Waals surface area (Å²) in [6.07, 6.45) is 0. The number of rotatable bonds is 4. The standard InChI is InChI=1S/C11H16FNO/c1-8(13-2)10-6-4-5-9(7-12)11(10)14-3/h4-6,8,13H,7H2,1-3H3. The van der Waals surface area contributed by atoms with E-state index in [4.69, 9.17) is 4.74 Å². The molecular formula is C11H16FNO. The highest BCUT2D eigenvalue weighted by Gasteiger charge is 2.12. The van der Waals surface area contributed by atoms with Gasteiger partial charge in [-0.2, -0.15) is 0 Å². The molecule has 3 heteroatoms. The van der Waals surface area contributed by atoms with Crippen LogP contribution in [0.15, 0.2) is 18.2 Å². The fourth-order valence-corrected chi connectivity index (χ4v) is 1.46. The summed E-state index contributed by atoms with van der Waals surface area (Å²) in [4.78, 5) is 0. The molecular weight excluding hydrogens is 181 g/mol. The molecule has 0 bridgehead atoms. The van der Waals surface area contributed by atoms with Crippen molar-refractivity contribution in [2.45, 2.75) is 19.6 Å². The lowest BCUT2D eigenvalue weighted by Crippen LogP contribution is -2.13. The van der Waals surface area contributed by atoms with Crippen LogP contribution < -0.4 is 10.1 Å². The van der Waals surface area contributed by atoms with Crippen LogP contribution in [0.5, 0.6) is 5.75 Å². The molecule has 14 heavy (non-hydrogen) atoms. The monoisotopic (exact) mass is 197 g/mol.